The van der Waals surface area contributed by atoms with Gasteiger partial charge in [0.15, 0.2) is 0 Å². The average molecular weight is 439 g/mol. The van der Waals surface area contributed by atoms with Crippen LogP contribution in [0, 0.1) is 6.92 Å². The molecule has 2 amide bonds. The van der Waals surface area contributed by atoms with Gasteiger partial charge in [0, 0.05) is 20.3 Å². The van der Waals surface area contributed by atoms with E-state index in [0.717, 1.165) is 17.7 Å². The number of methoxy groups -OCH3 is 2. The molecule has 32 heavy (non-hydrogen) atoms. The van der Waals surface area contributed by atoms with Crippen LogP contribution in [-0.4, -0.2) is 50.7 Å². The van der Waals surface area contributed by atoms with Crippen molar-refractivity contribution < 1.29 is 23.8 Å². The van der Waals surface area contributed by atoms with Crippen LogP contribution < -0.4 is 14.8 Å². The van der Waals surface area contributed by atoms with E-state index < -0.39 is 0 Å². The third kappa shape index (κ3) is 5.11. The molecule has 7 heteroatoms. The minimum absolute atomic E-state index is 0.235. The van der Waals surface area contributed by atoms with Gasteiger partial charge >= 0.3 is 0 Å². The lowest BCUT2D eigenvalue weighted by atomic mass is 10.0. The van der Waals surface area contributed by atoms with Crippen molar-refractivity contribution in [3.8, 4) is 11.5 Å². The zero-order valence-electron chi connectivity index (χ0n) is 19.1. The normalized spacial score (nSPS) is 13.7. The minimum Gasteiger partial charge on any atom is -0.495 e. The molecule has 0 unspecified atom stereocenters. The maximum absolute atomic E-state index is 13.3. The van der Waals surface area contributed by atoms with E-state index in [2.05, 4.69) is 5.32 Å². The summed E-state index contributed by atoms with van der Waals surface area (Å²) in [6.45, 7) is 5.35. The predicted octanol–water partition coefficient (Wildman–Crippen LogP) is 4.02. The van der Waals surface area contributed by atoms with Gasteiger partial charge in [-0.05, 0) is 55.2 Å². The van der Waals surface area contributed by atoms with Gasteiger partial charge < -0.3 is 19.5 Å². The summed E-state index contributed by atoms with van der Waals surface area (Å²) in [6.07, 6.45) is 1.47. The topological polar surface area (TPSA) is 77.1 Å². The van der Waals surface area contributed by atoms with Gasteiger partial charge in [-0.3, -0.25) is 14.5 Å². The van der Waals surface area contributed by atoms with E-state index in [0.29, 0.717) is 42.2 Å². The smallest absolute Gasteiger partial charge is 0.278 e. The molecular formula is C25H30N2O5. The van der Waals surface area contributed by atoms with Gasteiger partial charge in [-0.1, -0.05) is 25.1 Å². The number of carbonyl (C=O) groups excluding carboxylic acids is 2. The van der Waals surface area contributed by atoms with E-state index in [1.165, 1.54) is 4.90 Å². The first-order valence-electron chi connectivity index (χ1n) is 10.7. The van der Waals surface area contributed by atoms with Crippen molar-refractivity contribution in [1.29, 1.82) is 0 Å². The first-order chi connectivity index (χ1) is 15.5. The molecule has 0 aromatic heterocycles. The first kappa shape index (κ1) is 23.3. The number of rotatable bonds is 11. The molecule has 2 aromatic rings. The first-order valence-corrected chi connectivity index (χ1v) is 10.7. The monoisotopic (exact) mass is 438 g/mol. The van der Waals surface area contributed by atoms with E-state index in [9.17, 15) is 9.59 Å². The largest absolute Gasteiger partial charge is 0.495 e. The number of hydrogen-bond donors (Lipinski definition) is 1. The van der Waals surface area contributed by atoms with Crippen LogP contribution in [0.25, 0.3) is 5.57 Å². The summed E-state index contributed by atoms with van der Waals surface area (Å²) in [5.74, 6) is 0.613. The number of hydrogen-bond acceptors (Lipinski definition) is 6. The van der Waals surface area contributed by atoms with Crippen molar-refractivity contribution in [1.82, 2.24) is 4.90 Å². The van der Waals surface area contributed by atoms with Gasteiger partial charge in [0.2, 0.25) is 0 Å². The summed E-state index contributed by atoms with van der Waals surface area (Å²) in [4.78, 5) is 27.8. The quantitative estimate of drug-likeness (QED) is 0.422. The van der Waals surface area contributed by atoms with Gasteiger partial charge in [0.05, 0.1) is 25.0 Å². The fourth-order valence-corrected chi connectivity index (χ4v) is 3.52. The molecule has 1 aliphatic rings. The Morgan fingerprint density at radius 1 is 0.969 bits per heavy atom. The molecule has 2 aromatic carbocycles. The van der Waals surface area contributed by atoms with Crippen LogP contribution in [0.3, 0.4) is 0 Å². The minimum atomic E-state index is -0.365. The number of carbonyl (C=O) groups is 2. The molecule has 0 saturated carbocycles. The summed E-state index contributed by atoms with van der Waals surface area (Å²) in [7, 11) is 3.16. The molecule has 1 heterocycles. The Kier molecular flexibility index (Phi) is 7.89. The Morgan fingerprint density at radius 2 is 1.72 bits per heavy atom. The molecule has 3 rings (SSSR count). The molecule has 0 bridgehead atoms. The maximum atomic E-state index is 13.3. The zero-order chi connectivity index (χ0) is 23.1. The number of nitrogens with one attached hydrogen (secondary N) is 1. The zero-order valence-corrected chi connectivity index (χ0v) is 19.1. The van der Waals surface area contributed by atoms with E-state index in [-0.39, 0.29) is 24.1 Å². The number of aryl methyl sites for hydroxylation is 1. The van der Waals surface area contributed by atoms with E-state index in [1.54, 1.807) is 26.4 Å². The highest BCUT2D eigenvalue weighted by Crippen LogP contribution is 2.34. The Bertz CT molecular complexity index is 998. The predicted molar refractivity (Wildman–Crippen MR) is 124 cm³/mol. The van der Waals surface area contributed by atoms with Crippen molar-refractivity contribution in [2.45, 2.75) is 26.7 Å². The second-order valence-electron chi connectivity index (χ2n) is 7.56. The maximum Gasteiger partial charge on any atom is 0.278 e. The number of amides is 2. The molecule has 0 saturated heterocycles. The van der Waals surface area contributed by atoms with Crippen molar-refractivity contribution in [3.05, 3.63) is 59.3 Å². The van der Waals surface area contributed by atoms with Crippen LogP contribution in [0.1, 0.15) is 30.9 Å². The van der Waals surface area contributed by atoms with Crippen LogP contribution in [0.15, 0.2) is 48.2 Å². The number of benzene rings is 2. The fourth-order valence-electron chi connectivity index (χ4n) is 3.52. The molecule has 1 N–H and O–H groups in total. The van der Waals surface area contributed by atoms with Crippen molar-refractivity contribution in [2.75, 3.05) is 39.3 Å². The van der Waals surface area contributed by atoms with E-state index >= 15 is 0 Å². The van der Waals surface area contributed by atoms with E-state index in [1.807, 2.05) is 44.2 Å². The lowest BCUT2D eigenvalue weighted by molar-refractivity contribution is -0.136. The lowest BCUT2D eigenvalue weighted by Gasteiger charge is -2.15. The molecule has 0 spiro atoms. The number of nitrogens with zero attached hydrogens (tertiary/aromatic N) is 1. The van der Waals surface area contributed by atoms with Crippen LogP contribution in [0.2, 0.25) is 0 Å². The third-order valence-electron chi connectivity index (χ3n) is 5.13. The van der Waals surface area contributed by atoms with Gasteiger partial charge in [-0.2, -0.15) is 0 Å². The number of imide groups is 1. The second-order valence-corrected chi connectivity index (χ2v) is 7.56. The SMILES string of the molecule is CCCOc1ccc(C2=C(Nc3cc(C)ccc3OC)C(=O)N(CCCOC)C2=O)cc1. The van der Waals surface area contributed by atoms with Gasteiger partial charge in [-0.15, -0.1) is 0 Å². The van der Waals surface area contributed by atoms with Crippen LogP contribution in [0.5, 0.6) is 11.5 Å². The molecule has 7 nitrogen and oxygen atoms in total. The molecule has 0 radical (unpaired) electrons. The Hall–Kier alpha value is -3.32. The van der Waals surface area contributed by atoms with Gasteiger partial charge in [0.25, 0.3) is 11.8 Å². The lowest BCUT2D eigenvalue weighted by Crippen LogP contribution is -2.33. The number of anilines is 1. The Balaban J connectivity index is 2.00. The summed E-state index contributed by atoms with van der Waals surface area (Å²) < 4.78 is 16.2. The Labute approximate surface area is 189 Å². The van der Waals surface area contributed by atoms with Gasteiger partial charge in [-0.25, -0.2) is 0 Å². The molecule has 0 atom stereocenters. The highest BCUT2D eigenvalue weighted by molar-refractivity contribution is 6.36. The third-order valence-corrected chi connectivity index (χ3v) is 5.13. The standard InChI is InChI=1S/C25H30N2O5/c1-5-14-32-19-10-8-18(9-11-19)22-23(25(29)27(24(22)28)13-6-15-30-3)26-20-16-17(2)7-12-21(20)31-4/h7-12,16,26H,5-6,13-15H2,1-4H3. The average Bonchev–Trinajstić information content (AvgIpc) is 3.02. The van der Waals surface area contributed by atoms with Crippen LogP contribution in [0.4, 0.5) is 5.69 Å². The highest BCUT2D eigenvalue weighted by atomic mass is 16.5. The van der Waals surface area contributed by atoms with Gasteiger partial charge in [0.1, 0.15) is 17.2 Å². The number of ether oxygens (including phenoxy) is 3. The summed E-state index contributed by atoms with van der Waals surface area (Å²) in [6, 6.07) is 12.9. The van der Waals surface area contributed by atoms with Crippen LogP contribution in [-0.2, 0) is 14.3 Å². The molecule has 170 valence electrons. The summed E-state index contributed by atoms with van der Waals surface area (Å²) in [5.41, 5.74) is 2.84. The molecule has 0 fully saturated rings. The van der Waals surface area contributed by atoms with Crippen molar-refractivity contribution >= 4 is 23.1 Å². The van der Waals surface area contributed by atoms with Crippen molar-refractivity contribution in [3.63, 3.8) is 0 Å². The Morgan fingerprint density at radius 3 is 2.38 bits per heavy atom. The fraction of sp³-hybridized carbons (Fsp3) is 0.360. The molecule has 0 aliphatic carbocycles. The van der Waals surface area contributed by atoms with Crippen molar-refractivity contribution in [2.24, 2.45) is 0 Å². The van der Waals surface area contributed by atoms with Crippen LogP contribution >= 0.6 is 0 Å². The summed E-state index contributed by atoms with van der Waals surface area (Å²) in [5, 5.41) is 3.18. The summed E-state index contributed by atoms with van der Waals surface area (Å²) >= 11 is 0. The second kappa shape index (κ2) is 10.8. The molecular weight excluding hydrogens is 408 g/mol. The highest BCUT2D eigenvalue weighted by Gasteiger charge is 2.39. The molecule has 1 aliphatic heterocycles. The van der Waals surface area contributed by atoms with E-state index in [4.69, 9.17) is 14.2 Å².